The van der Waals surface area contributed by atoms with Gasteiger partial charge in [0.25, 0.3) is 0 Å². The van der Waals surface area contributed by atoms with Crippen LogP contribution in [0.25, 0.3) is 0 Å². The summed E-state index contributed by atoms with van der Waals surface area (Å²) in [5.41, 5.74) is 1.45. The van der Waals surface area contributed by atoms with Crippen molar-refractivity contribution >= 4 is 5.78 Å². The third kappa shape index (κ3) is 3.67. The van der Waals surface area contributed by atoms with Gasteiger partial charge in [0.05, 0.1) is 0 Å². The maximum Gasteiger partial charge on any atom is 0.130 e. The Kier molecular flexibility index (Phi) is 4.01. The van der Waals surface area contributed by atoms with E-state index in [2.05, 4.69) is 11.4 Å². The van der Waals surface area contributed by atoms with Crippen LogP contribution < -0.4 is 5.32 Å². The van der Waals surface area contributed by atoms with E-state index in [-0.39, 0.29) is 0 Å². The molecule has 1 N–H and O–H groups in total. The molecular formula is C10H17NO. The molecule has 68 valence electrons. The lowest BCUT2D eigenvalue weighted by Crippen LogP contribution is -2.14. The van der Waals surface area contributed by atoms with Gasteiger partial charge >= 0.3 is 0 Å². The molecule has 0 fully saturated rings. The molecule has 0 aromatic carbocycles. The van der Waals surface area contributed by atoms with Crippen molar-refractivity contribution in [2.75, 3.05) is 13.1 Å². The van der Waals surface area contributed by atoms with E-state index in [0.29, 0.717) is 12.2 Å². The first-order chi connectivity index (χ1) is 5.79. The topological polar surface area (TPSA) is 29.1 Å². The first kappa shape index (κ1) is 9.46. The van der Waals surface area contributed by atoms with Crippen molar-refractivity contribution in [1.82, 2.24) is 5.32 Å². The molecule has 0 atom stereocenters. The lowest BCUT2D eigenvalue weighted by Gasteiger charge is -2.02. The second kappa shape index (κ2) is 5.09. The van der Waals surface area contributed by atoms with Crippen molar-refractivity contribution in [3.8, 4) is 0 Å². The van der Waals surface area contributed by atoms with Crippen LogP contribution >= 0.6 is 0 Å². The highest BCUT2D eigenvalue weighted by Gasteiger charge is 2.02. The van der Waals surface area contributed by atoms with Gasteiger partial charge in [-0.25, -0.2) is 0 Å². The lowest BCUT2D eigenvalue weighted by atomic mass is 10.1. The van der Waals surface area contributed by atoms with Crippen molar-refractivity contribution in [3.63, 3.8) is 0 Å². The molecule has 1 aliphatic rings. The third-order valence-corrected chi connectivity index (χ3v) is 2.18. The average Bonchev–Trinajstić information content (AvgIpc) is 2.28. The largest absolute Gasteiger partial charge is 0.316 e. The number of nitrogens with one attached hydrogen (secondary N) is 1. The highest BCUT2D eigenvalue weighted by atomic mass is 16.1. The van der Waals surface area contributed by atoms with E-state index in [1.54, 1.807) is 6.92 Å². The minimum atomic E-state index is 0.299. The molecule has 1 rings (SSSR count). The third-order valence-electron chi connectivity index (χ3n) is 2.18. The van der Waals surface area contributed by atoms with E-state index in [1.165, 1.54) is 5.57 Å². The molecule has 2 heteroatoms. The molecule has 0 saturated heterocycles. The van der Waals surface area contributed by atoms with Gasteiger partial charge in [-0.1, -0.05) is 11.6 Å². The fraction of sp³-hybridized carbons (Fsp3) is 0.700. The fourth-order valence-electron chi connectivity index (χ4n) is 1.42. The summed E-state index contributed by atoms with van der Waals surface area (Å²) in [4.78, 5) is 10.7. The normalized spacial score (nSPS) is 18.2. The van der Waals surface area contributed by atoms with Crippen LogP contribution in [-0.4, -0.2) is 18.9 Å². The molecule has 0 saturated carbocycles. The number of Topliss-reactive ketones (excluding diaryl/α,β-unsaturated/α-hetero) is 1. The molecule has 2 nitrogen and oxygen atoms in total. The first-order valence-corrected chi connectivity index (χ1v) is 4.67. The molecule has 1 aliphatic heterocycles. The minimum Gasteiger partial charge on any atom is -0.316 e. The Balaban J connectivity index is 2.28. The Morgan fingerprint density at radius 2 is 2.42 bits per heavy atom. The van der Waals surface area contributed by atoms with E-state index < -0.39 is 0 Å². The van der Waals surface area contributed by atoms with Crippen molar-refractivity contribution in [1.29, 1.82) is 0 Å². The standard InChI is InChI=1S/C10H17NO/c1-9(12)4-5-10-3-2-7-11-8-6-10/h3,11H,2,4-8H2,1H3. The van der Waals surface area contributed by atoms with Crippen LogP contribution in [0.1, 0.15) is 32.6 Å². The molecule has 0 radical (unpaired) electrons. The van der Waals surface area contributed by atoms with Crippen LogP contribution in [0.3, 0.4) is 0 Å². The quantitative estimate of drug-likeness (QED) is 0.648. The summed E-state index contributed by atoms with van der Waals surface area (Å²) in [6, 6.07) is 0. The summed E-state index contributed by atoms with van der Waals surface area (Å²) in [6.07, 6.45) is 6.20. The van der Waals surface area contributed by atoms with Gasteiger partial charge < -0.3 is 10.1 Å². The van der Waals surface area contributed by atoms with E-state index in [9.17, 15) is 4.79 Å². The van der Waals surface area contributed by atoms with Crippen molar-refractivity contribution in [3.05, 3.63) is 11.6 Å². The van der Waals surface area contributed by atoms with Gasteiger partial charge in [0.15, 0.2) is 0 Å². The lowest BCUT2D eigenvalue weighted by molar-refractivity contribution is -0.116. The summed E-state index contributed by atoms with van der Waals surface area (Å²) in [5, 5.41) is 3.33. The van der Waals surface area contributed by atoms with Gasteiger partial charge in [-0.15, -0.1) is 0 Å². The number of carbonyl (C=O) groups excluding carboxylic acids is 1. The molecule has 0 bridgehead atoms. The molecule has 12 heavy (non-hydrogen) atoms. The molecule has 0 spiro atoms. The number of rotatable bonds is 3. The summed E-state index contributed by atoms with van der Waals surface area (Å²) in [5.74, 6) is 0.299. The SMILES string of the molecule is CC(=O)CCC1=CCCNCC1. The van der Waals surface area contributed by atoms with Crippen molar-refractivity contribution in [2.45, 2.75) is 32.6 Å². The summed E-state index contributed by atoms with van der Waals surface area (Å²) in [6.45, 7) is 3.82. The van der Waals surface area contributed by atoms with E-state index in [0.717, 1.165) is 32.4 Å². The minimum absolute atomic E-state index is 0.299. The Hall–Kier alpha value is -0.630. The molecular weight excluding hydrogens is 150 g/mol. The van der Waals surface area contributed by atoms with E-state index in [4.69, 9.17) is 0 Å². The van der Waals surface area contributed by atoms with Crippen LogP contribution in [0.2, 0.25) is 0 Å². The van der Waals surface area contributed by atoms with Gasteiger partial charge in [-0.05, 0) is 39.3 Å². The number of carbonyl (C=O) groups is 1. The molecule has 1 heterocycles. The maximum absolute atomic E-state index is 10.7. The number of ketones is 1. The summed E-state index contributed by atoms with van der Waals surface area (Å²) >= 11 is 0. The monoisotopic (exact) mass is 167 g/mol. The summed E-state index contributed by atoms with van der Waals surface area (Å²) < 4.78 is 0. The van der Waals surface area contributed by atoms with Gasteiger partial charge in [-0.2, -0.15) is 0 Å². The first-order valence-electron chi connectivity index (χ1n) is 4.67. The van der Waals surface area contributed by atoms with Gasteiger partial charge in [-0.3, -0.25) is 0 Å². The highest BCUT2D eigenvalue weighted by Crippen LogP contribution is 2.12. The van der Waals surface area contributed by atoms with Crippen molar-refractivity contribution < 1.29 is 4.79 Å². The summed E-state index contributed by atoms with van der Waals surface area (Å²) in [7, 11) is 0. The van der Waals surface area contributed by atoms with E-state index >= 15 is 0 Å². The van der Waals surface area contributed by atoms with Crippen LogP contribution in [0.15, 0.2) is 11.6 Å². The van der Waals surface area contributed by atoms with Gasteiger partial charge in [0.2, 0.25) is 0 Å². The van der Waals surface area contributed by atoms with Crippen molar-refractivity contribution in [2.24, 2.45) is 0 Å². The Labute approximate surface area is 74.0 Å². The van der Waals surface area contributed by atoms with E-state index in [1.807, 2.05) is 0 Å². The zero-order valence-electron chi connectivity index (χ0n) is 7.73. The molecule has 0 aromatic heterocycles. The van der Waals surface area contributed by atoms with Crippen LogP contribution in [0.4, 0.5) is 0 Å². The predicted octanol–water partition coefficient (Wildman–Crippen LogP) is 1.67. The molecule has 0 unspecified atom stereocenters. The maximum atomic E-state index is 10.7. The molecule has 0 amide bonds. The zero-order chi connectivity index (χ0) is 8.81. The van der Waals surface area contributed by atoms with Crippen LogP contribution in [-0.2, 0) is 4.79 Å². The Bertz CT molecular complexity index is 184. The smallest absolute Gasteiger partial charge is 0.130 e. The zero-order valence-corrected chi connectivity index (χ0v) is 7.73. The Morgan fingerprint density at radius 1 is 1.58 bits per heavy atom. The second-order valence-corrected chi connectivity index (χ2v) is 3.35. The Morgan fingerprint density at radius 3 is 3.17 bits per heavy atom. The highest BCUT2D eigenvalue weighted by molar-refractivity contribution is 5.75. The van der Waals surface area contributed by atoms with Crippen LogP contribution in [0.5, 0.6) is 0 Å². The molecule has 0 aliphatic carbocycles. The number of hydrogen-bond donors (Lipinski definition) is 1. The second-order valence-electron chi connectivity index (χ2n) is 3.35. The predicted molar refractivity (Wildman–Crippen MR) is 50.1 cm³/mol. The average molecular weight is 167 g/mol. The van der Waals surface area contributed by atoms with Crippen LogP contribution in [0, 0.1) is 0 Å². The van der Waals surface area contributed by atoms with Gasteiger partial charge in [0, 0.05) is 6.42 Å². The fourth-order valence-corrected chi connectivity index (χ4v) is 1.42. The van der Waals surface area contributed by atoms with Gasteiger partial charge in [0.1, 0.15) is 5.78 Å². The number of hydrogen-bond acceptors (Lipinski definition) is 2. The molecule has 0 aromatic rings.